The molecule has 0 spiro atoms. The quantitative estimate of drug-likeness (QED) is 0.727. The monoisotopic (exact) mass is 370 g/mol. The summed E-state index contributed by atoms with van der Waals surface area (Å²) in [6.07, 6.45) is 4.34. The lowest BCUT2D eigenvalue weighted by molar-refractivity contribution is -0.128. The zero-order valence-corrected chi connectivity index (χ0v) is 16.6. The van der Waals surface area contributed by atoms with Gasteiger partial charge >= 0.3 is 0 Å². The number of aromatic nitrogens is 2. The summed E-state index contributed by atoms with van der Waals surface area (Å²) in [6, 6.07) is 8.68. The molecule has 0 radical (unpaired) electrons. The molecule has 0 bridgehead atoms. The summed E-state index contributed by atoms with van der Waals surface area (Å²) in [5.41, 5.74) is 2.26. The van der Waals surface area contributed by atoms with E-state index in [1.165, 1.54) is 5.52 Å². The molecule has 6 heteroatoms. The highest BCUT2D eigenvalue weighted by atomic mass is 16.2. The summed E-state index contributed by atoms with van der Waals surface area (Å²) in [5, 5.41) is 2.98. The van der Waals surface area contributed by atoms with Crippen molar-refractivity contribution in [3.63, 3.8) is 0 Å². The third-order valence-electron chi connectivity index (χ3n) is 5.27. The maximum absolute atomic E-state index is 12.1. The summed E-state index contributed by atoms with van der Waals surface area (Å²) >= 11 is 0. The van der Waals surface area contributed by atoms with Gasteiger partial charge in [-0.1, -0.05) is 18.6 Å². The van der Waals surface area contributed by atoms with Gasteiger partial charge in [0.15, 0.2) is 0 Å². The van der Waals surface area contributed by atoms with Crippen LogP contribution >= 0.6 is 0 Å². The zero-order chi connectivity index (χ0) is 19.4. The molecule has 2 heterocycles. The number of benzene rings is 1. The molecular weight excluding hydrogens is 340 g/mol. The minimum absolute atomic E-state index is 0.00861. The molecule has 3 rings (SSSR count). The van der Waals surface area contributed by atoms with Crippen LogP contribution in [0.5, 0.6) is 0 Å². The van der Waals surface area contributed by atoms with Gasteiger partial charge in [-0.2, -0.15) is 0 Å². The Morgan fingerprint density at radius 3 is 2.74 bits per heavy atom. The van der Waals surface area contributed by atoms with E-state index in [0.717, 1.165) is 37.0 Å². The number of nitrogens with one attached hydrogen (secondary N) is 1. The van der Waals surface area contributed by atoms with Crippen molar-refractivity contribution >= 4 is 22.8 Å². The zero-order valence-electron chi connectivity index (χ0n) is 16.6. The molecule has 1 N–H and O–H groups in total. The number of hydrogen-bond acceptors (Lipinski definition) is 3. The lowest BCUT2D eigenvalue weighted by atomic mass is 10.1. The molecule has 1 atom stereocenters. The molecule has 6 nitrogen and oxygen atoms in total. The molecule has 1 aromatic heterocycles. The van der Waals surface area contributed by atoms with Gasteiger partial charge in [-0.15, -0.1) is 0 Å². The first-order chi connectivity index (χ1) is 13.0. The van der Waals surface area contributed by atoms with E-state index in [4.69, 9.17) is 4.98 Å². The number of fused-ring (bicyclic) bond motifs is 1. The van der Waals surface area contributed by atoms with Gasteiger partial charge in [-0.25, -0.2) is 4.98 Å². The van der Waals surface area contributed by atoms with Crippen LogP contribution in [-0.4, -0.2) is 46.4 Å². The Morgan fingerprint density at radius 1 is 1.26 bits per heavy atom. The third kappa shape index (κ3) is 4.49. The highest BCUT2D eigenvalue weighted by molar-refractivity contribution is 5.89. The average Bonchev–Trinajstić information content (AvgIpc) is 3.17. The Balaban J connectivity index is 1.42. The predicted octanol–water partition coefficient (Wildman–Crippen LogP) is 2.92. The van der Waals surface area contributed by atoms with Crippen LogP contribution < -0.4 is 5.32 Å². The van der Waals surface area contributed by atoms with Crippen LogP contribution in [0.1, 0.15) is 51.4 Å². The molecule has 1 aromatic carbocycles. The standard InChI is InChI=1S/C21H30N4O2/c1-15(2)25-18-10-7-6-9-17(18)23-19(25)11-5-4-8-12-22-21(27)16-13-20(26)24(3)14-16/h6-7,9-10,15-16H,4-5,8,11-14H2,1-3H3,(H,22,27)/t16-/m0/s1. The number of carbonyl (C=O) groups excluding carboxylic acids is 2. The Morgan fingerprint density at radius 2 is 2.04 bits per heavy atom. The number of amides is 2. The van der Waals surface area contributed by atoms with E-state index in [2.05, 4.69) is 41.9 Å². The minimum Gasteiger partial charge on any atom is -0.356 e. The van der Waals surface area contributed by atoms with Gasteiger partial charge in [0.1, 0.15) is 5.82 Å². The molecule has 1 aliphatic heterocycles. The number of para-hydroxylation sites is 2. The number of hydrogen-bond donors (Lipinski definition) is 1. The molecule has 0 unspecified atom stereocenters. The van der Waals surface area contributed by atoms with Gasteiger partial charge in [0, 0.05) is 39.0 Å². The number of aryl methyl sites for hydroxylation is 1. The molecule has 146 valence electrons. The highest BCUT2D eigenvalue weighted by Gasteiger charge is 2.31. The van der Waals surface area contributed by atoms with E-state index < -0.39 is 0 Å². The van der Waals surface area contributed by atoms with Crippen molar-refractivity contribution in [2.24, 2.45) is 5.92 Å². The largest absolute Gasteiger partial charge is 0.356 e. The van der Waals surface area contributed by atoms with Crippen molar-refractivity contribution < 1.29 is 9.59 Å². The average molecular weight is 370 g/mol. The van der Waals surface area contributed by atoms with Crippen molar-refractivity contribution in [3.05, 3.63) is 30.1 Å². The van der Waals surface area contributed by atoms with Gasteiger partial charge in [0.25, 0.3) is 0 Å². The fourth-order valence-electron chi connectivity index (χ4n) is 3.83. The maximum atomic E-state index is 12.1. The fraction of sp³-hybridized carbons (Fsp3) is 0.571. The molecule has 0 aliphatic carbocycles. The fourth-order valence-corrected chi connectivity index (χ4v) is 3.83. The molecule has 2 amide bonds. The summed E-state index contributed by atoms with van der Waals surface area (Å²) < 4.78 is 2.32. The van der Waals surface area contributed by atoms with Gasteiger partial charge in [0.2, 0.25) is 11.8 Å². The summed E-state index contributed by atoms with van der Waals surface area (Å²) in [4.78, 5) is 30.1. The lowest BCUT2D eigenvalue weighted by Gasteiger charge is -2.13. The van der Waals surface area contributed by atoms with Gasteiger partial charge in [-0.3, -0.25) is 9.59 Å². The molecular formula is C21H30N4O2. The van der Waals surface area contributed by atoms with E-state index in [-0.39, 0.29) is 17.7 Å². The van der Waals surface area contributed by atoms with Crippen LogP contribution in [0.2, 0.25) is 0 Å². The number of nitrogens with zero attached hydrogens (tertiary/aromatic N) is 3. The Kier molecular flexibility index (Phi) is 6.14. The second-order valence-corrected chi connectivity index (χ2v) is 7.76. The first kappa shape index (κ1) is 19.4. The first-order valence-corrected chi connectivity index (χ1v) is 9.95. The molecule has 1 fully saturated rings. The van der Waals surface area contributed by atoms with Crippen LogP contribution in [-0.2, 0) is 16.0 Å². The van der Waals surface area contributed by atoms with E-state index in [9.17, 15) is 9.59 Å². The van der Waals surface area contributed by atoms with Gasteiger partial charge in [-0.05, 0) is 38.8 Å². The van der Waals surface area contributed by atoms with Crippen LogP contribution in [0.4, 0.5) is 0 Å². The van der Waals surface area contributed by atoms with Crippen molar-refractivity contribution in [2.75, 3.05) is 20.1 Å². The number of likely N-dealkylation sites (tertiary alicyclic amines) is 1. The minimum atomic E-state index is -0.187. The van der Waals surface area contributed by atoms with Crippen molar-refractivity contribution in [3.8, 4) is 0 Å². The van der Waals surface area contributed by atoms with Gasteiger partial charge < -0.3 is 14.8 Å². The topological polar surface area (TPSA) is 67.2 Å². The highest BCUT2D eigenvalue weighted by Crippen LogP contribution is 2.22. The van der Waals surface area contributed by atoms with Gasteiger partial charge in [0.05, 0.1) is 17.0 Å². The second kappa shape index (κ2) is 8.55. The molecule has 1 saturated heterocycles. The lowest BCUT2D eigenvalue weighted by Crippen LogP contribution is -2.32. The Bertz CT molecular complexity index is 812. The SMILES string of the molecule is CC(C)n1c(CCCCCNC(=O)[C@H]2CC(=O)N(C)C2)nc2ccccc21. The Hall–Kier alpha value is -2.37. The second-order valence-electron chi connectivity index (χ2n) is 7.76. The maximum Gasteiger partial charge on any atom is 0.225 e. The molecule has 2 aromatic rings. The molecule has 27 heavy (non-hydrogen) atoms. The smallest absolute Gasteiger partial charge is 0.225 e. The van der Waals surface area contributed by atoms with Crippen LogP contribution in [0, 0.1) is 5.92 Å². The van der Waals surface area contributed by atoms with Crippen LogP contribution in [0.15, 0.2) is 24.3 Å². The summed E-state index contributed by atoms with van der Waals surface area (Å²) in [6.45, 7) is 5.60. The van der Waals surface area contributed by atoms with E-state index in [1.807, 2.05) is 6.07 Å². The van der Waals surface area contributed by atoms with Crippen LogP contribution in [0.25, 0.3) is 11.0 Å². The molecule has 1 aliphatic rings. The van der Waals surface area contributed by atoms with E-state index in [1.54, 1.807) is 11.9 Å². The van der Waals surface area contributed by atoms with E-state index in [0.29, 0.717) is 25.6 Å². The van der Waals surface area contributed by atoms with E-state index >= 15 is 0 Å². The third-order valence-corrected chi connectivity index (χ3v) is 5.27. The summed E-state index contributed by atoms with van der Waals surface area (Å²) in [5.74, 6) is 1.02. The number of unbranched alkanes of at least 4 members (excludes halogenated alkanes) is 2. The van der Waals surface area contributed by atoms with Crippen LogP contribution in [0.3, 0.4) is 0 Å². The first-order valence-electron chi connectivity index (χ1n) is 9.95. The number of carbonyl (C=O) groups is 2. The Labute approximate surface area is 160 Å². The van der Waals surface area contributed by atoms with Crippen molar-refractivity contribution in [1.82, 2.24) is 19.8 Å². The van der Waals surface area contributed by atoms with Crippen molar-refractivity contribution in [2.45, 2.75) is 52.0 Å². The summed E-state index contributed by atoms with van der Waals surface area (Å²) in [7, 11) is 1.75. The van der Waals surface area contributed by atoms with Crippen molar-refractivity contribution in [1.29, 1.82) is 0 Å². The predicted molar refractivity (Wildman–Crippen MR) is 106 cm³/mol. The number of imidazole rings is 1. The number of rotatable bonds is 8. The normalized spacial score (nSPS) is 17.3. The molecule has 0 saturated carbocycles.